The van der Waals surface area contributed by atoms with Gasteiger partial charge in [0.25, 0.3) is 5.69 Å². The van der Waals surface area contributed by atoms with Crippen LogP contribution in [0.1, 0.15) is 28.9 Å². The van der Waals surface area contributed by atoms with Crippen LogP contribution in [0.25, 0.3) is 0 Å². The van der Waals surface area contributed by atoms with Gasteiger partial charge in [0.15, 0.2) is 5.78 Å². The average molecular weight is 344 g/mol. The van der Waals surface area contributed by atoms with Gasteiger partial charge in [0.05, 0.1) is 11.5 Å². The number of hydrogen-bond donors (Lipinski definition) is 0. The van der Waals surface area contributed by atoms with Crippen LogP contribution < -0.4 is 4.90 Å². The molecule has 3 rings (SSSR count). The summed E-state index contributed by atoms with van der Waals surface area (Å²) >= 11 is 0. The van der Waals surface area contributed by atoms with Crippen LogP contribution in [-0.4, -0.2) is 30.4 Å². The highest BCUT2D eigenvalue weighted by Gasteiger charge is 2.27. The number of anilines is 1. The van der Waals surface area contributed by atoms with Crippen molar-refractivity contribution in [2.45, 2.75) is 13.0 Å². The number of Topliss-reactive ketones (excluding diaryl/α,β-unsaturated/α-hetero) is 1. The highest BCUT2D eigenvalue weighted by atomic mass is 19.1. The number of carbonyl (C=O) groups is 1. The summed E-state index contributed by atoms with van der Waals surface area (Å²) in [6.07, 6.45) is -0.304. The Morgan fingerprint density at radius 3 is 2.64 bits per heavy atom. The van der Waals surface area contributed by atoms with Crippen molar-refractivity contribution in [3.8, 4) is 0 Å². The van der Waals surface area contributed by atoms with E-state index < -0.39 is 4.92 Å². The molecule has 1 heterocycles. The predicted molar refractivity (Wildman–Crippen MR) is 90.4 cm³/mol. The van der Waals surface area contributed by atoms with Crippen LogP contribution in [0.4, 0.5) is 15.8 Å². The molecule has 0 saturated carbocycles. The van der Waals surface area contributed by atoms with Crippen molar-refractivity contribution in [1.29, 1.82) is 0 Å². The standard InChI is InChI=1S/C18H17FN2O4/c1-12(22)14-4-7-16(17(10-14)21(23)24)20-8-9-25-18(11-20)13-2-5-15(19)6-3-13/h2-7,10,18H,8-9,11H2,1H3/t18-/m1/s1. The zero-order chi connectivity index (χ0) is 18.0. The number of rotatable bonds is 4. The quantitative estimate of drug-likeness (QED) is 0.482. The van der Waals surface area contributed by atoms with Crippen LogP contribution in [0.5, 0.6) is 0 Å². The predicted octanol–water partition coefficient (Wildman–Crippen LogP) is 3.51. The van der Waals surface area contributed by atoms with E-state index in [0.717, 1.165) is 5.56 Å². The molecular weight excluding hydrogens is 327 g/mol. The molecule has 6 nitrogen and oxygen atoms in total. The third-order valence-corrected chi connectivity index (χ3v) is 4.23. The highest BCUT2D eigenvalue weighted by Crippen LogP contribution is 2.33. The van der Waals surface area contributed by atoms with Crippen LogP contribution >= 0.6 is 0 Å². The Hall–Kier alpha value is -2.80. The minimum Gasteiger partial charge on any atom is -0.370 e. The number of nitro groups is 1. The number of nitro benzene ring substituents is 1. The van der Waals surface area contributed by atoms with E-state index >= 15 is 0 Å². The van der Waals surface area contributed by atoms with Gasteiger partial charge in [0.2, 0.25) is 0 Å². The summed E-state index contributed by atoms with van der Waals surface area (Å²) in [6, 6.07) is 10.5. The molecule has 0 unspecified atom stereocenters. The van der Waals surface area contributed by atoms with E-state index in [1.807, 2.05) is 4.90 Å². The van der Waals surface area contributed by atoms with E-state index in [0.29, 0.717) is 30.9 Å². The van der Waals surface area contributed by atoms with Gasteiger partial charge in [-0.2, -0.15) is 0 Å². The molecule has 1 saturated heterocycles. The van der Waals surface area contributed by atoms with E-state index in [4.69, 9.17) is 4.74 Å². The van der Waals surface area contributed by atoms with Crippen LogP contribution in [0.2, 0.25) is 0 Å². The third kappa shape index (κ3) is 3.66. The average Bonchev–Trinajstić information content (AvgIpc) is 2.62. The Kier molecular flexibility index (Phi) is 4.76. The van der Waals surface area contributed by atoms with Gasteiger partial charge in [0, 0.05) is 24.7 Å². The molecule has 1 atom stereocenters. The molecule has 1 aliphatic heterocycles. The maximum absolute atomic E-state index is 13.1. The van der Waals surface area contributed by atoms with Gasteiger partial charge in [0.1, 0.15) is 17.6 Å². The van der Waals surface area contributed by atoms with E-state index in [-0.39, 0.29) is 23.4 Å². The lowest BCUT2D eigenvalue weighted by atomic mass is 10.1. The van der Waals surface area contributed by atoms with Gasteiger partial charge >= 0.3 is 0 Å². The number of halogens is 1. The topological polar surface area (TPSA) is 72.7 Å². The zero-order valence-corrected chi connectivity index (χ0v) is 13.6. The maximum atomic E-state index is 13.1. The highest BCUT2D eigenvalue weighted by molar-refractivity contribution is 5.95. The minimum atomic E-state index is -0.482. The van der Waals surface area contributed by atoms with Crippen molar-refractivity contribution in [1.82, 2.24) is 0 Å². The van der Waals surface area contributed by atoms with Crippen molar-refractivity contribution in [3.05, 3.63) is 69.5 Å². The lowest BCUT2D eigenvalue weighted by molar-refractivity contribution is -0.384. The van der Waals surface area contributed by atoms with E-state index in [1.54, 1.807) is 24.3 Å². The first kappa shape index (κ1) is 17.0. The fourth-order valence-electron chi connectivity index (χ4n) is 2.90. The monoisotopic (exact) mass is 344 g/mol. The first-order chi connectivity index (χ1) is 12.0. The molecule has 130 valence electrons. The molecular formula is C18H17FN2O4. The van der Waals surface area contributed by atoms with Crippen molar-refractivity contribution >= 4 is 17.2 Å². The fraction of sp³-hybridized carbons (Fsp3) is 0.278. The Labute approximate surface area is 144 Å². The lowest BCUT2D eigenvalue weighted by Gasteiger charge is -2.34. The number of carbonyl (C=O) groups excluding carboxylic acids is 1. The van der Waals surface area contributed by atoms with Gasteiger partial charge in [-0.25, -0.2) is 4.39 Å². The van der Waals surface area contributed by atoms with Crippen molar-refractivity contribution in [3.63, 3.8) is 0 Å². The summed E-state index contributed by atoms with van der Waals surface area (Å²) in [7, 11) is 0. The zero-order valence-electron chi connectivity index (χ0n) is 13.6. The van der Waals surface area contributed by atoms with Crippen molar-refractivity contribution in [2.24, 2.45) is 0 Å². The molecule has 1 fully saturated rings. The summed E-state index contributed by atoms with van der Waals surface area (Å²) in [5.74, 6) is -0.548. The van der Waals surface area contributed by atoms with Crippen molar-refractivity contribution < 1.29 is 18.8 Å². The van der Waals surface area contributed by atoms with Crippen molar-refractivity contribution in [2.75, 3.05) is 24.6 Å². The van der Waals surface area contributed by atoms with Gasteiger partial charge in [-0.3, -0.25) is 14.9 Å². The molecule has 25 heavy (non-hydrogen) atoms. The Morgan fingerprint density at radius 1 is 1.28 bits per heavy atom. The Morgan fingerprint density at radius 2 is 2.00 bits per heavy atom. The molecule has 2 aromatic rings. The Balaban J connectivity index is 1.89. The molecule has 0 radical (unpaired) electrons. The minimum absolute atomic E-state index is 0.104. The lowest BCUT2D eigenvalue weighted by Crippen LogP contribution is -2.38. The molecule has 2 aromatic carbocycles. The van der Waals surface area contributed by atoms with Gasteiger partial charge in [-0.1, -0.05) is 12.1 Å². The van der Waals surface area contributed by atoms with Gasteiger partial charge in [-0.05, 0) is 36.8 Å². The first-order valence-corrected chi connectivity index (χ1v) is 7.87. The number of morpholine rings is 1. The second kappa shape index (κ2) is 6.98. The molecule has 7 heteroatoms. The van der Waals surface area contributed by atoms with E-state index in [1.165, 1.54) is 25.1 Å². The maximum Gasteiger partial charge on any atom is 0.293 e. The summed E-state index contributed by atoms with van der Waals surface area (Å²) in [4.78, 5) is 24.3. The second-order valence-corrected chi connectivity index (χ2v) is 5.87. The number of ketones is 1. The first-order valence-electron chi connectivity index (χ1n) is 7.87. The van der Waals surface area contributed by atoms with Gasteiger partial charge < -0.3 is 9.64 Å². The number of nitrogens with zero attached hydrogens (tertiary/aromatic N) is 2. The molecule has 0 N–H and O–H groups in total. The summed E-state index contributed by atoms with van der Waals surface area (Å²) in [5, 5.41) is 11.4. The SMILES string of the molecule is CC(=O)c1ccc(N2CCO[C@@H](c3ccc(F)cc3)C2)c([N+](=O)[O-])c1. The normalized spacial score (nSPS) is 17.4. The number of ether oxygens (including phenoxy) is 1. The molecule has 0 aromatic heterocycles. The van der Waals surface area contributed by atoms with Gasteiger partial charge in [-0.15, -0.1) is 0 Å². The summed E-state index contributed by atoms with van der Waals surface area (Å²) < 4.78 is 18.8. The molecule has 1 aliphatic rings. The van der Waals surface area contributed by atoms with Crippen LogP contribution in [0.3, 0.4) is 0 Å². The second-order valence-electron chi connectivity index (χ2n) is 5.87. The smallest absolute Gasteiger partial charge is 0.293 e. The number of benzene rings is 2. The molecule has 0 spiro atoms. The largest absolute Gasteiger partial charge is 0.370 e. The number of hydrogen-bond acceptors (Lipinski definition) is 5. The summed E-state index contributed by atoms with van der Waals surface area (Å²) in [5.41, 5.74) is 1.46. The fourth-order valence-corrected chi connectivity index (χ4v) is 2.90. The molecule has 0 aliphatic carbocycles. The summed E-state index contributed by atoms with van der Waals surface area (Å²) in [6.45, 7) is 2.68. The van der Waals surface area contributed by atoms with Crippen LogP contribution in [0, 0.1) is 15.9 Å². The Bertz CT molecular complexity index is 807. The third-order valence-electron chi connectivity index (χ3n) is 4.23. The van der Waals surface area contributed by atoms with Crippen LogP contribution in [0.15, 0.2) is 42.5 Å². The molecule has 0 bridgehead atoms. The van der Waals surface area contributed by atoms with E-state index in [2.05, 4.69) is 0 Å². The van der Waals surface area contributed by atoms with Crippen LogP contribution in [-0.2, 0) is 4.74 Å². The molecule has 0 amide bonds. The van der Waals surface area contributed by atoms with E-state index in [9.17, 15) is 19.3 Å².